The van der Waals surface area contributed by atoms with Crippen molar-refractivity contribution in [1.29, 1.82) is 0 Å². The molecule has 0 radical (unpaired) electrons. The van der Waals surface area contributed by atoms with Crippen LogP contribution in [0.4, 0.5) is 0 Å². The summed E-state index contributed by atoms with van der Waals surface area (Å²) in [7, 11) is 1.41. The smallest absolute Gasteiger partial charge is 0.358 e. The number of carboxylic acids is 2. The van der Waals surface area contributed by atoms with Gasteiger partial charge < -0.3 is 25.2 Å². The molecule has 8 heteroatoms. The van der Waals surface area contributed by atoms with Gasteiger partial charge in [-0.1, -0.05) is 5.16 Å². The van der Waals surface area contributed by atoms with Crippen molar-refractivity contribution in [3.8, 4) is 0 Å². The number of nitrogens with two attached hydrogens (primary N) is 1. The van der Waals surface area contributed by atoms with Gasteiger partial charge in [0.25, 0.3) is 0 Å². The summed E-state index contributed by atoms with van der Waals surface area (Å²) in [6, 6.07) is -1.23. The van der Waals surface area contributed by atoms with Gasteiger partial charge >= 0.3 is 11.9 Å². The highest BCUT2D eigenvalue weighted by Gasteiger charge is 2.28. The van der Waals surface area contributed by atoms with Crippen LogP contribution in [0.3, 0.4) is 0 Å². The van der Waals surface area contributed by atoms with E-state index in [1.807, 2.05) is 0 Å². The second-order valence-electron chi connectivity index (χ2n) is 3.71. The number of nitrogens with zero attached hydrogens (tertiary/aromatic N) is 1. The van der Waals surface area contributed by atoms with Gasteiger partial charge in [-0.05, 0) is 6.92 Å². The highest BCUT2D eigenvalue weighted by molar-refractivity contribution is 5.87. The van der Waals surface area contributed by atoms with Crippen molar-refractivity contribution in [3.05, 3.63) is 17.0 Å². The van der Waals surface area contributed by atoms with Crippen molar-refractivity contribution in [1.82, 2.24) is 5.16 Å². The summed E-state index contributed by atoms with van der Waals surface area (Å²) in [5.41, 5.74) is 5.19. The van der Waals surface area contributed by atoms with Gasteiger partial charge in [0.05, 0.1) is 0 Å². The summed E-state index contributed by atoms with van der Waals surface area (Å²) in [5, 5.41) is 21.1. The second-order valence-corrected chi connectivity index (χ2v) is 3.71. The number of carboxylic acid groups (broad SMARTS) is 2. The molecular formula is C10H14N2O6. The van der Waals surface area contributed by atoms with E-state index in [4.69, 9.17) is 25.2 Å². The Morgan fingerprint density at radius 2 is 2.11 bits per heavy atom. The lowest BCUT2D eigenvalue weighted by atomic mass is 10.0. The molecule has 1 rings (SSSR count). The van der Waals surface area contributed by atoms with Crippen LogP contribution >= 0.6 is 0 Å². The molecule has 0 saturated carbocycles. The molecule has 0 aromatic carbocycles. The molecule has 1 unspecified atom stereocenters. The molecule has 4 N–H and O–H groups in total. The minimum Gasteiger partial charge on any atom is -0.480 e. The average molecular weight is 258 g/mol. The molecule has 0 aliphatic heterocycles. The van der Waals surface area contributed by atoms with Crippen LogP contribution in [0.15, 0.2) is 4.52 Å². The standard InChI is InChI=1S/C10H14N2O6/c1-4(17-2)8-5(3-6(11)9(13)14)7(10(15)16)12-18-8/h4,6H,3,11H2,1-2H3,(H,13,14)(H,15,16)/t4?,6-/m0/s1. The van der Waals surface area contributed by atoms with Gasteiger partial charge in [0.15, 0.2) is 11.5 Å². The highest BCUT2D eigenvalue weighted by Crippen LogP contribution is 2.24. The predicted octanol–water partition coefficient (Wildman–Crippen LogP) is 0.0346. The Bertz CT molecular complexity index is 455. The number of carbonyl (C=O) groups is 2. The lowest BCUT2D eigenvalue weighted by molar-refractivity contribution is -0.138. The number of methoxy groups -OCH3 is 1. The Morgan fingerprint density at radius 3 is 2.56 bits per heavy atom. The van der Waals surface area contributed by atoms with E-state index in [2.05, 4.69) is 5.16 Å². The monoisotopic (exact) mass is 258 g/mol. The molecule has 1 heterocycles. The normalized spacial score (nSPS) is 14.2. The summed E-state index contributed by atoms with van der Waals surface area (Å²) in [4.78, 5) is 21.6. The molecule has 0 saturated heterocycles. The zero-order valence-corrected chi connectivity index (χ0v) is 9.91. The van der Waals surface area contributed by atoms with Crippen LogP contribution in [0.5, 0.6) is 0 Å². The van der Waals surface area contributed by atoms with E-state index in [0.29, 0.717) is 0 Å². The van der Waals surface area contributed by atoms with Gasteiger partial charge in [-0.15, -0.1) is 0 Å². The van der Waals surface area contributed by atoms with E-state index in [1.54, 1.807) is 6.92 Å². The van der Waals surface area contributed by atoms with E-state index < -0.39 is 24.1 Å². The third-order valence-electron chi connectivity index (χ3n) is 2.49. The molecule has 0 fully saturated rings. The molecule has 8 nitrogen and oxygen atoms in total. The number of ether oxygens (including phenoxy) is 1. The molecule has 0 spiro atoms. The molecule has 0 amide bonds. The molecule has 100 valence electrons. The summed E-state index contributed by atoms with van der Waals surface area (Å²) in [6.07, 6.45) is -0.731. The number of hydrogen-bond acceptors (Lipinski definition) is 6. The van der Waals surface area contributed by atoms with Crippen molar-refractivity contribution >= 4 is 11.9 Å². The van der Waals surface area contributed by atoms with Gasteiger partial charge in [0.1, 0.15) is 12.1 Å². The van der Waals surface area contributed by atoms with Crippen molar-refractivity contribution < 1.29 is 29.1 Å². The van der Waals surface area contributed by atoms with Gasteiger partial charge in [0.2, 0.25) is 0 Å². The number of aromatic nitrogens is 1. The molecule has 0 aliphatic rings. The van der Waals surface area contributed by atoms with E-state index in [1.165, 1.54) is 7.11 Å². The first-order valence-corrected chi connectivity index (χ1v) is 5.11. The maximum absolute atomic E-state index is 10.9. The Balaban J connectivity index is 3.14. The van der Waals surface area contributed by atoms with Crippen LogP contribution < -0.4 is 5.73 Å². The van der Waals surface area contributed by atoms with Gasteiger partial charge in [-0.2, -0.15) is 0 Å². The van der Waals surface area contributed by atoms with Crippen LogP contribution in [0.2, 0.25) is 0 Å². The minimum atomic E-state index is -1.30. The summed E-state index contributed by atoms with van der Waals surface area (Å²) in [5.74, 6) is -2.36. The summed E-state index contributed by atoms with van der Waals surface area (Å²) in [6.45, 7) is 1.63. The third-order valence-corrected chi connectivity index (χ3v) is 2.49. The van der Waals surface area contributed by atoms with Crippen molar-refractivity contribution in [2.45, 2.75) is 25.5 Å². The zero-order chi connectivity index (χ0) is 13.9. The van der Waals surface area contributed by atoms with Crippen molar-refractivity contribution in [2.24, 2.45) is 5.73 Å². The van der Waals surface area contributed by atoms with Crippen LogP contribution in [0.25, 0.3) is 0 Å². The van der Waals surface area contributed by atoms with Gasteiger partial charge in [-0.25, -0.2) is 4.79 Å². The Kier molecular flexibility index (Phi) is 4.40. The van der Waals surface area contributed by atoms with Crippen LogP contribution in [0.1, 0.15) is 34.8 Å². The molecule has 1 aromatic heterocycles. The zero-order valence-electron chi connectivity index (χ0n) is 9.91. The van der Waals surface area contributed by atoms with E-state index in [9.17, 15) is 9.59 Å². The molecule has 0 bridgehead atoms. The summed E-state index contributed by atoms with van der Waals surface area (Å²) >= 11 is 0. The lowest BCUT2D eigenvalue weighted by Crippen LogP contribution is -2.33. The maximum atomic E-state index is 10.9. The molecule has 0 aliphatic carbocycles. The third kappa shape index (κ3) is 2.84. The largest absolute Gasteiger partial charge is 0.480 e. The number of rotatable bonds is 6. The molecule has 1 aromatic rings. The first-order valence-electron chi connectivity index (χ1n) is 5.11. The first-order chi connectivity index (χ1) is 8.38. The maximum Gasteiger partial charge on any atom is 0.358 e. The van der Waals surface area contributed by atoms with Crippen LogP contribution in [-0.4, -0.2) is 40.5 Å². The molecular weight excluding hydrogens is 244 g/mol. The molecule has 2 atom stereocenters. The Morgan fingerprint density at radius 1 is 1.50 bits per heavy atom. The fourth-order valence-corrected chi connectivity index (χ4v) is 1.42. The number of hydrogen-bond donors (Lipinski definition) is 3. The van der Waals surface area contributed by atoms with Gasteiger partial charge in [0, 0.05) is 19.1 Å². The second kappa shape index (κ2) is 5.61. The van der Waals surface area contributed by atoms with E-state index >= 15 is 0 Å². The Hall–Kier alpha value is -1.93. The van der Waals surface area contributed by atoms with Crippen LogP contribution in [0, 0.1) is 0 Å². The topological polar surface area (TPSA) is 136 Å². The van der Waals surface area contributed by atoms with Crippen molar-refractivity contribution in [3.63, 3.8) is 0 Å². The van der Waals surface area contributed by atoms with E-state index in [-0.39, 0.29) is 23.4 Å². The van der Waals surface area contributed by atoms with E-state index in [0.717, 1.165) is 0 Å². The predicted molar refractivity (Wildman–Crippen MR) is 58.2 cm³/mol. The van der Waals surface area contributed by atoms with Crippen LogP contribution in [-0.2, 0) is 16.0 Å². The quantitative estimate of drug-likeness (QED) is 0.650. The van der Waals surface area contributed by atoms with Gasteiger partial charge in [-0.3, -0.25) is 4.79 Å². The number of aromatic carboxylic acids is 1. The van der Waals surface area contributed by atoms with Crippen molar-refractivity contribution in [2.75, 3.05) is 7.11 Å². The fourth-order valence-electron chi connectivity index (χ4n) is 1.42. The molecule has 18 heavy (non-hydrogen) atoms. The Labute approximate surface area is 102 Å². The first kappa shape index (κ1) is 14.1. The SMILES string of the molecule is COC(C)c1onc(C(=O)O)c1C[C@H](N)C(=O)O. The summed E-state index contributed by atoms with van der Waals surface area (Å²) < 4.78 is 9.88. The fraction of sp³-hybridized carbons (Fsp3) is 0.500. The number of aliphatic carboxylic acids is 1. The lowest BCUT2D eigenvalue weighted by Gasteiger charge is -2.10. The average Bonchev–Trinajstić information content (AvgIpc) is 2.71. The highest BCUT2D eigenvalue weighted by atomic mass is 16.5. The minimum absolute atomic E-state index is 0.145.